The average Bonchev–Trinajstić information content (AvgIpc) is 3.13. The maximum absolute atomic E-state index is 12.7. The molecule has 13 nitrogen and oxygen atoms in total. The largest absolute Gasteiger partial charge is 0.472 e. The molecular weight excluding hydrogens is 707 g/mol. The Balaban J connectivity index is 2.54. The maximum atomic E-state index is 12.7. The van der Waals surface area contributed by atoms with Crippen molar-refractivity contribution in [1.82, 2.24) is 0 Å². The van der Waals surface area contributed by atoms with Gasteiger partial charge in [0, 0.05) is 12.8 Å². The van der Waals surface area contributed by atoms with Gasteiger partial charge in [0.25, 0.3) is 0 Å². The van der Waals surface area contributed by atoms with E-state index >= 15 is 0 Å². The molecule has 304 valence electrons. The number of phosphoric ester groups is 1. The molecule has 1 aliphatic carbocycles. The van der Waals surface area contributed by atoms with Gasteiger partial charge in [-0.2, -0.15) is 0 Å². The Morgan fingerprint density at radius 1 is 0.604 bits per heavy atom. The van der Waals surface area contributed by atoms with Crippen molar-refractivity contribution in [3.05, 3.63) is 60.8 Å². The van der Waals surface area contributed by atoms with E-state index < -0.39 is 75.7 Å². The van der Waals surface area contributed by atoms with Crippen LogP contribution in [0.25, 0.3) is 0 Å². The van der Waals surface area contributed by atoms with E-state index in [-0.39, 0.29) is 12.8 Å². The molecule has 0 aromatic heterocycles. The predicted molar refractivity (Wildman–Crippen MR) is 202 cm³/mol. The maximum Gasteiger partial charge on any atom is 0.472 e. The third kappa shape index (κ3) is 23.2. The normalized spacial score (nSPS) is 24.2. The third-order valence-corrected chi connectivity index (χ3v) is 9.36. The Kier molecular flexibility index (Phi) is 27.4. The molecule has 1 rings (SSSR count). The number of hydrogen-bond acceptors (Lipinski definition) is 12. The van der Waals surface area contributed by atoms with Crippen molar-refractivity contribution in [1.29, 1.82) is 0 Å². The zero-order chi connectivity index (χ0) is 39.3. The van der Waals surface area contributed by atoms with Crippen LogP contribution in [0.3, 0.4) is 0 Å². The van der Waals surface area contributed by atoms with Gasteiger partial charge < -0.3 is 39.9 Å². The highest BCUT2D eigenvalue weighted by molar-refractivity contribution is 7.47. The van der Waals surface area contributed by atoms with Crippen molar-refractivity contribution in [2.45, 2.75) is 159 Å². The highest BCUT2D eigenvalue weighted by Gasteiger charge is 2.51. The van der Waals surface area contributed by atoms with Crippen molar-refractivity contribution in [3.8, 4) is 0 Å². The Bertz CT molecular complexity index is 1170. The van der Waals surface area contributed by atoms with Crippen LogP contribution >= 0.6 is 7.82 Å². The van der Waals surface area contributed by atoms with E-state index in [4.69, 9.17) is 18.5 Å². The van der Waals surface area contributed by atoms with Gasteiger partial charge in [-0.3, -0.25) is 18.6 Å². The molecule has 14 heteroatoms. The number of hydrogen-bond donors (Lipinski definition) is 6. The van der Waals surface area contributed by atoms with Crippen molar-refractivity contribution in [2.24, 2.45) is 0 Å². The van der Waals surface area contributed by atoms with Gasteiger partial charge in [0.15, 0.2) is 6.10 Å². The molecule has 1 fully saturated rings. The molecule has 6 unspecified atom stereocenters. The zero-order valence-corrected chi connectivity index (χ0v) is 32.4. The van der Waals surface area contributed by atoms with E-state index in [0.29, 0.717) is 19.3 Å². The lowest BCUT2D eigenvalue weighted by molar-refractivity contribution is -0.220. The van der Waals surface area contributed by atoms with Crippen LogP contribution in [0.4, 0.5) is 0 Å². The molecule has 0 heterocycles. The van der Waals surface area contributed by atoms with Crippen molar-refractivity contribution < 1.29 is 63.1 Å². The molecule has 8 atom stereocenters. The van der Waals surface area contributed by atoms with Crippen molar-refractivity contribution >= 4 is 19.8 Å². The second-order valence-corrected chi connectivity index (χ2v) is 14.5. The fourth-order valence-corrected chi connectivity index (χ4v) is 6.23. The minimum Gasteiger partial charge on any atom is -0.462 e. The minimum atomic E-state index is -5.12. The molecule has 0 aromatic carbocycles. The van der Waals surface area contributed by atoms with E-state index in [9.17, 15) is 44.6 Å². The van der Waals surface area contributed by atoms with E-state index in [1.54, 1.807) is 0 Å². The fraction of sp³-hybridized carbons (Fsp3) is 0.692. The van der Waals surface area contributed by atoms with Crippen LogP contribution < -0.4 is 0 Å². The van der Waals surface area contributed by atoms with Crippen LogP contribution in [-0.4, -0.2) is 98.3 Å². The number of rotatable bonds is 29. The van der Waals surface area contributed by atoms with Gasteiger partial charge >= 0.3 is 19.8 Å². The lowest BCUT2D eigenvalue weighted by Crippen LogP contribution is -2.64. The lowest BCUT2D eigenvalue weighted by atomic mass is 9.85. The Labute approximate surface area is 315 Å². The number of aliphatic hydroxyl groups excluding tert-OH is 5. The Morgan fingerprint density at radius 2 is 1.08 bits per heavy atom. The lowest BCUT2D eigenvalue weighted by Gasteiger charge is -2.41. The highest BCUT2D eigenvalue weighted by Crippen LogP contribution is 2.47. The van der Waals surface area contributed by atoms with Crippen LogP contribution in [0.2, 0.25) is 0 Å². The van der Waals surface area contributed by atoms with E-state index in [2.05, 4.69) is 62.5 Å². The molecule has 0 amide bonds. The quantitative estimate of drug-likeness (QED) is 0.0229. The molecule has 1 aliphatic rings. The number of ether oxygens (including phenoxy) is 2. The highest BCUT2D eigenvalue weighted by atomic mass is 31.2. The molecule has 0 radical (unpaired) electrons. The second-order valence-electron chi connectivity index (χ2n) is 13.1. The van der Waals surface area contributed by atoms with Gasteiger partial charge in [-0.05, 0) is 51.4 Å². The number of carbonyl (C=O) groups is 2. The fourth-order valence-electron chi connectivity index (χ4n) is 5.26. The van der Waals surface area contributed by atoms with Crippen LogP contribution in [0.1, 0.15) is 117 Å². The molecule has 0 aliphatic heterocycles. The van der Waals surface area contributed by atoms with Crippen molar-refractivity contribution in [3.63, 3.8) is 0 Å². The van der Waals surface area contributed by atoms with Crippen LogP contribution in [0.5, 0.6) is 0 Å². The number of aliphatic hydroxyl groups is 5. The topological polar surface area (TPSA) is 210 Å². The molecule has 0 saturated heterocycles. The summed E-state index contributed by atoms with van der Waals surface area (Å²) in [6, 6.07) is 0. The molecule has 0 spiro atoms. The number of unbranched alkanes of at least 4 members (excludes halogenated alkanes) is 7. The summed E-state index contributed by atoms with van der Waals surface area (Å²) >= 11 is 0. The summed E-state index contributed by atoms with van der Waals surface area (Å²) in [6.45, 7) is 3.02. The SMILES string of the molecule is CC/C=C/C/C=C/C/C=C/C/C=C/C/C=C/CCCC(=O)OC[C@@H](COP(=O)(O)OC1C(O)C(O)C(O)[C@H](O)C1O)OC(=O)CCCCCCCCC. The van der Waals surface area contributed by atoms with Gasteiger partial charge in [-0.1, -0.05) is 113 Å². The Hall–Kier alpha value is -2.45. The summed E-state index contributed by atoms with van der Waals surface area (Å²) in [5, 5.41) is 49.8. The molecule has 1 saturated carbocycles. The third-order valence-electron chi connectivity index (χ3n) is 8.37. The van der Waals surface area contributed by atoms with Gasteiger partial charge in [-0.25, -0.2) is 4.57 Å². The first kappa shape index (κ1) is 48.6. The monoisotopic (exact) mass is 772 g/mol. The minimum absolute atomic E-state index is 0.0807. The summed E-state index contributed by atoms with van der Waals surface area (Å²) in [7, 11) is -5.12. The first-order valence-corrected chi connectivity index (χ1v) is 20.6. The van der Waals surface area contributed by atoms with Crippen molar-refractivity contribution in [2.75, 3.05) is 13.2 Å². The average molecular weight is 773 g/mol. The standard InChI is InChI=1S/C39H65O13P/c1-3-5-7-9-11-12-13-14-15-16-17-18-19-20-22-23-25-27-32(40)49-29-31(51-33(41)28-26-24-21-10-8-6-4-2)30-50-53(47,48)52-39-37(45)35(43)34(42)36(44)38(39)46/h5,7,11-12,14-15,17-18,20,22,31,34-39,42-46H,3-4,6,8-10,13,16,19,21,23-30H2,1-2H3,(H,47,48)/b7-5+,12-11+,15-14+,18-17+,22-20+/t31-,34?,35-,36?,37?,38?,39?/m0/s1. The van der Waals surface area contributed by atoms with Gasteiger partial charge in [0.05, 0.1) is 6.61 Å². The van der Waals surface area contributed by atoms with E-state index in [1.807, 2.05) is 12.2 Å². The van der Waals surface area contributed by atoms with Gasteiger partial charge in [-0.15, -0.1) is 0 Å². The number of allylic oxidation sites excluding steroid dienone is 10. The summed E-state index contributed by atoms with van der Waals surface area (Å²) in [4.78, 5) is 35.3. The molecule has 0 aromatic rings. The molecule has 0 bridgehead atoms. The summed E-state index contributed by atoms with van der Waals surface area (Å²) in [5.74, 6) is -1.18. The molecule has 53 heavy (non-hydrogen) atoms. The first-order valence-electron chi connectivity index (χ1n) is 19.1. The van der Waals surface area contributed by atoms with Crippen LogP contribution in [0, 0.1) is 0 Å². The van der Waals surface area contributed by atoms with Crippen LogP contribution in [0.15, 0.2) is 60.8 Å². The second kappa shape index (κ2) is 29.9. The van der Waals surface area contributed by atoms with E-state index in [1.165, 1.54) is 0 Å². The smallest absolute Gasteiger partial charge is 0.462 e. The number of carbonyl (C=O) groups excluding carboxylic acids is 2. The molecule has 6 N–H and O–H groups in total. The van der Waals surface area contributed by atoms with Gasteiger partial charge in [0.1, 0.15) is 43.2 Å². The summed E-state index contributed by atoms with van der Waals surface area (Å²) in [6.07, 6.45) is 20.5. The summed E-state index contributed by atoms with van der Waals surface area (Å²) in [5.41, 5.74) is 0. The Morgan fingerprint density at radius 3 is 1.62 bits per heavy atom. The number of esters is 2. The first-order chi connectivity index (χ1) is 25.4. The predicted octanol–water partition coefficient (Wildman–Crippen LogP) is 5.82. The van der Waals surface area contributed by atoms with Gasteiger partial charge in [0.2, 0.25) is 0 Å². The number of phosphoric acid groups is 1. The zero-order valence-electron chi connectivity index (χ0n) is 31.5. The van der Waals surface area contributed by atoms with E-state index in [0.717, 1.165) is 70.6 Å². The van der Waals surface area contributed by atoms with Crippen LogP contribution in [-0.2, 0) is 32.7 Å². The summed E-state index contributed by atoms with van der Waals surface area (Å²) < 4.78 is 33.1. The molecular formula is C39H65O13P.